The third-order valence-electron chi connectivity index (χ3n) is 4.15. The van der Waals surface area contributed by atoms with Gasteiger partial charge in [-0.25, -0.2) is 0 Å². The zero-order chi connectivity index (χ0) is 19.1. The van der Waals surface area contributed by atoms with Gasteiger partial charge in [0.25, 0.3) is 5.91 Å². The molecule has 0 spiro atoms. The Balaban J connectivity index is 1.80. The summed E-state index contributed by atoms with van der Waals surface area (Å²) in [5.74, 6) is 1.25. The Morgan fingerprint density at radius 3 is 2.44 bits per heavy atom. The molecule has 0 fully saturated rings. The van der Waals surface area contributed by atoms with Crippen molar-refractivity contribution in [3.63, 3.8) is 0 Å². The van der Waals surface area contributed by atoms with E-state index >= 15 is 0 Å². The van der Waals surface area contributed by atoms with Crippen LogP contribution >= 0.6 is 55.4 Å². The summed E-state index contributed by atoms with van der Waals surface area (Å²) in [5, 5.41) is 6.41. The molecule has 0 bridgehead atoms. The Kier molecular flexibility index (Phi) is 5.11. The first-order valence-electron chi connectivity index (χ1n) is 7.91. The molecule has 1 aromatic heterocycles. The molecule has 1 aliphatic rings. The molecule has 138 valence electrons. The van der Waals surface area contributed by atoms with Gasteiger partial charge in [-0.15, -0.1) is 0 Å². The zero-order valence-electron chi connectivity index (χ0n) is 14.0. The summed E-state index contributed by atoms with van der Waals surface area (Å²) in [6.07, 6.45) is -0.400. The molecule has 0 radical (unpaired) electrons. The van der Waals surface area contributed by atoms with Crippen LogP contribution in [0.2, 0.25) is 0 Å². The van der Waals surface area contributed by atoms with Gasteiger partial charge < -0.3 is 15.4 Å². The Morgan fingerprint density at radius 2 is 1.81 bits per heavy atom. The number of ether oxygens (including phenoxy) is 1. The summed E-state index contributed by atoms with van der Waals surface area (Å²) in [7, 11) is 1.61. The molecule has 3 aromatic rings. The van der Waals surface area contributed by atoms with Crippen molar-refractivity contribution < 1.29 is 9.53 Å². The van der Waals surface area contributed by atoms with Crippen LogP contribution in [0.5, 0.6) is 5.75 Å². The van der Waals surface area contributed by atoms with Gasteiger partial charge in [-0.1, -0.05) is 29.5 Å². The summed E-state index contributed by atoms with van der Waals surface area (Å²) in [6, 6.07) is 13.6. The number of carbonyl (C=O) groups excluding carboxylic acids is 1. The first-order chi connectivity index (χ1) is 13.0. The van der Waals surface area contributed by atoms with Gasteiger partial charge in [0.2, 0.25) is 0 Å². The van der Waals surface area contributed by atoms with E-state index in [1.54, 1.807) is 7.11 Å². The Bertz CT molecular complexity index is 1070. The van der Waals surface area contributed by atoms with Crippen molar-refractivity contribution in [2.24, 2.45) is 0 Å². The number of amides is 1. The molecule has 0 saturated carbocycles. The second kappa shape index (κ2) is 7.38. The van der Waals surface area contributed by atoms with Crippen LogP contribution in [-0.4, -0.2) is 17.6 Å². The standard InChI is InChI=1S/C18H13Br2N3O2S2/c1-25-13-11(19)7-9(8-12(13)20)15-21-16-14(17(24)22-15)27-18(26)23(16)10-5-3-2-4-6-10/h2-8,15,21H,1H3,(H,22,24)/t15-/m0/s1. The van der Waals surface area contributed by atoms with Crippen LogP contribution in [0.3, 0.4) is 0 Å². The van der Waals surface area contributed by atoms with Gasteiger partial charge in [-0.3, -0.25) is 9.36 Å². The molecule has 27 heavy (non-hydrogen) atoms. The van der Waals surface area contributed by atoms with Crippen LogP contribution in [-0.2, 0) is 0 Å². The van der Waals surface area contributed by atoms with Gasteiger partial charge in [0, 0.05) is 5.69 Å². The number of thiazole rings is 1. The van der Waals surface area contributed by atoms with E-state index in [2.05, 4.69) is 42.5 Å². The molecule has 1 amide bonds. The summed E-state index contributed by atoms with van der Waals surface area (Å²) in [4.78, 5) is 13.3. The average molecular weight is 527 g/mol. The van der Waals surface area contributed by atoms with Gasteiger partial charge in [0.1, 0.15) is 22.6 Å². The number of nitrogens with zero attached hydrogens (tertiary/aromatic N) is 1. The first-order valence-corrected chi connectivity index (χ1v) is 10.7. The number of para-hydroxylation sites is 1. The minimum absolute atomic E-state index is 0.150. The van der Waals surface area contributed by atoms with Gasteiger partial charge in [-0.2, -0.15) is 0 Å². The minimum Gasteiger partial charge on any atom is -0.494 e. The normalized spacial score (nSPS) is 15.7. The van der Waals surface area contributed by atoms with Gasteiger partial charge in [-0.05, 0) is 73.9 Å². The van der Waals surface area contributed by atoms with Crippen molar-refractivity contribution in [1.29, 1.82) is 0 Å². The van der Waals surface area contributed by atoms with E-state index in [1.807, 2.05) is 47.0 Å². The second-order valence-electron chi connectivity index (χ2n) is 5.79. The van der Waals surface area contributed by atoms with E-state index in [1.165, 1.54) is 11.3 Å². The maximum Gasteiger partial charge on any atom is 0.267 e. The van der Waals surface area contributed by atoms with Crippen LogP contribution < -0.4 is 15.4 Å². The summed E-state index contributed by atoms with van der Waals surface area (Å²) >= 11 is 13.8. The third-order valence-corrected chi connectivity index (χ3v) is 6.70. The Labute approximate surface area is 181 Å². The maximum atomic E-state index is 12.7. The number of methoxy groups -OCH3 is 1. The minimum atomic E-state index is -0.400. The lowest BCUT2D eigenvalue weighted by molar-refractivity contribution is 0.0939. The van der Waals surface area contributed by atoms with Gasteiger partial charge >= 0.3 is 0 Å². The SMILES string of the molecule is COc1c(Br)cc([C@@H]2NC(=O)c3sc(=S)n(-c4ccccc4)c3N2)cc1Br. The third kappa shape index (κ3) is 3.33. The van der Waals surface area contributed by atoms with Gasteiger partial charge in [0.05, 0.1) is 16.1 Å². The van der Waals surface area contributed by atoms with E-state index in [4.69, 9.17) is 17.0 Å². The average Bonchev–Trinajstić information content (AvgIpc) is 2.98. The quantitative estimate of drug-likeness (QED) is 0.432. The fourth-order valence-corrected chi connectivity index (χ4v) is 5.80. The van der Waals surface area contributed by atoms with Crippen molar-refractivity contribution in [3.05, 3.63) is 65.8 Å². The smallest absolute Gasteiger partial charge is 0.267 e. The molecule has 1 atom stereocenters. The number of rotatable bonds is 3. The largest absolute Gasteiger partial charge is 0.494 e. The van der Waals surface area contributed by atoms with E-state index in [0.717, 1.165) is 20.2 Å². The topological polar surface area (TPSA) is 55.3 Å². The lowest BCUT2D eigenvalue weighted by Crippen LogP contribution is -2.38. The Hall–Kier alpha value is -1.68. The highest BCUT2D eigenvalue weighted by Crippen LogP contribution is 2.39. The number of aromatic nitrogens is 1. The molecule has 0 aliphatic carbocycles. The molecule has 9 heteroatoms. The van der Waals surface area contributed by atoms with Crippen molar-refractivity contribution in [2.75, 3.05) is 12.4 Å². The van der Waals surface area contributed by atoms with Crippen LogP contribution in [0.15, 0.2) is 51.4 Å². The number of hydrogen-bond donors (Lipinski definition) is 2. The number of fused-ring (bicyclic) bond motifs is 1. The predicted molar refractivity (Wildman–Crippen MR) is 117 cm³/mol. The maximum absolute atomic E-state index is 12.7. The molecule has 4 rings (SSSR count). The van der Waals surface area contributed by atoms with Crippen LogP contribution in [0.25, 0.3) is 5.69 Å². The second-order valence-corrected chi connectivity index (χ2v) is 9.14. The van der Waals surface area contributed by atoms with E-state index in [0.29, 0.717) is 20.4 Å². The molecule has 2 heterocycles. The molecule has 0 unspecified atom stereocenters. The monoisotopic (exact) mass is 525 g/mol. The highest BCUT2D eigenvalue weighted by Gasteiger charge is 2.30. The van der Waals surface area contributed by atoms with E-state index in [9.17, 15) is 4.79 Å². The molecular formula is C18H13Br2N3O2S2. The van der Waals surface area contributed by atoms with Gasteiger partial charge in [0.15, 0.2) is 3.95 Å². The number of anilines is 1. The van der Waals surface area contributed by atoms with E-state index in [-0.39, 0.29) is 5.91 Å². The lowest BCUT2D eigenvalue weighted by atomic mass is 10.1. The van der Waals surface area contributed by atoms with Crippen molar-refractivity contribution in [1.82, 2.24) is 9.88 Å². The number of nitrogens with one attached hydrogen (secondary N) is 2. The van der Waals surface area contributed by atoms with Crippen LogP contribution in [0, 0.1) is 3.95 Å². The highest BCUT2D eigenvalue weighted by molar-refractivity contribution is 9.11. The van der Waals surface area contributed by atoms with Crippen LogP contribution in [0.4, 0.5) is 5.82 Å². The number of benzene rings is 2. The molecule has 2 aromatic carbocycles. The molecule has 1 aliphatic heterocycles. The zero-order valence-corrected chi connectivity index (χ0v) is 18.8. The van der Waals surface area contributed by atoms with E-state index < -0.39 is 6.17 Å². The predicted octanol–water partition coefficient (Wildman–Crippen LogP) is 5.66. The summed E-state index contributed by atoms with van der Waals surface area (Å²) in [6.45, 7) is 0. The Morgan fingerprint density at radius 1 is 1.15 bits per heavy atom. The number of carbonyl (C=O) groups is 1. The summed E-state index contributed by atoms with van der Waals surface area (Å²) in [5.41, 5.74) is 1.79. The summed E-state index contributed by atoms with van der Waals surface area (Å²) < 4.78 is 9.46. The molecular weight excluding hydrogens is 514 g/mol. The molecule has 2 N–H and O–H groups in total. The van der Waals surface area contributed by atoms with Crippen molar-refractivity contribution in [2.45, 2.75) is 6.17 Å². The first kappa shape index (κ1) is 18.7. The van der Waals surface area contributed by atoms with Crippen LogP contribution in [0.1, 0.15) is 21.4 Å². The fourth-order valence-electron chi connectivity index (χ4n) is 2.95. The van der Waals surface area contributed by atoms with Crippen molar-refractivity contribution in [3.8, 4) is 11.4 Å². The number of hydrogen-bond acceptors (Lipinski definition) is 5. The molecule has 5 nitrogen and oxygen atoms in total. The number of halogens is 2. The lowest BCUT2D eigenvalue weighted by Gasteiger charge is -2.27. The molecule has 0 saturated heterocycles. The fraction of sp³-hybridized carbons (Fsp3) is 0.111. The highest BCUT2D eigenvalue weighted by atomic mass is 79.9. The van der Waals surface area contributed by atoms with Crippen molar-refractivity contribution >= 4 is 67.1 Å².